The zero-order valence-electron chi connectivity index (χ0n) is 31.7. The quantitative estimate of drug-likeness (QED) is 0.0211. The molecule has 0 rings (SSSR count). The molecule has 0 amide bonds. The van der Waals surface area contributed by atoms with Gasteiger partial charge in [-0.2, -0.15) is 0 Å². The number of phosphoric acid groups is 1. The highest BCUT2D eigenvalue weighted by atomic mass is 31.2. The van der Waals surface area contributed by atoms with Crippen molar-refractivity contribution in [1.82, 2.24) is 0 Å². The molecule has 0 aromatic rings. The van der Waals surface area contributed by atoms with Gasteiger partial charge in [-0.15, -0.1) is 0 Å². The first-order valence-corrected chi connectivity index (χ1v) is 20.9. The number of carbonyl (C=O) groups is 2. The summed E-state index contributed by atoms with van der Waals surface area (Å²) in [4.78, 5) is 37.2. The summed E-state index contributed by atoms with van der Waals surface area (Å²) in [6.45, 7) is 4.16. The molecule has 0 saturated carbocycles. The first-order valence-electron chi connectivity index (χ1n) is 19.4. The number of ether oxygens (including phenoxy) is 2. The topological polar surface area (TPSA) is 111 Å². The first kappa shape index (κ1) is 46.8. The van der Waals surface area contributed by atoms with Crippen LogP contribution in [0.2, 0.25) is 0 Å². The summed E-state index contributed by atoms with van der Waals surface area (Å²) in [6, 6.07) is 0. The van der Waals surface area contributed by atoms with Gasteiger partial charge >= 0.3 is 11.9 Å². The van der Waals surface area contributed by atoms with Crippen molar-refractivity contribution in [2.24, 2.45) is 0 Å². The zero-order chi connectivity index (χ0) is 35.8. The molecule has 1 unspecified atom stereocenters. The Morgan fingerprint density at radius 1 is 0.625 bits per heavy atom. The molecule has 0 saturated heterocycles. The van der Waals surface area contributed by atoms with Crippen molar-refractivity contribution in [3.63, 3.8) is 0 Å². The number of hydrogen-bond acceptors (Lipinski definition) is 8. The Morgan fingerprint density at radius 3 is 1.54 bits per heavy atom. The van der Waals surface area contributed by atoms with Crippen molar-refractivity contribution in [3.05, 3.63) is 12.2 Å². The molecular formula is C38H74NO8P. The molecule has 48 heavy (non-hydrogen) atoms. The highest BCUT2D eigenvalue weighted by Gasteiger charge is 2.21. The third-order valence-electron chi connectivity index (χ3n) is 8.29. The maximum atomic E-state index is 12.6. The lowest BCUT2D eigenvalue weighted by atomic mass is 10.1. The summed E-state index contributed by atoms with van der Waals surface area (Å²) in [5.74, 6) is -0.843. The van der Waals surface area contributed by atoms with E-state index in [1.165, 1.54) is 89.9 Å². The highest BCUT2D eigenvalue weighted by Crippen LogP contribution is 2.38. The maximum absolute atomic E-state index is 12.6. The summed E-state index contributed by atoms with van der Waals surface area (Å²) in [6.07, 6.45) is 29.7. The van der Waals surface area contributed by atoms with Crippen LogP contribution in [-0.2, 0) is 32.7 Å². The smallest absolute Gasteiger partial charge is 0.306 e. The lowest BCUT2D eigenvalue weighted by Crippen LogP contribution is -2.37. The van der Waals surface area contributed by atoms with Gasteiger partial charge in [0.1, 0.15) is 19.8 Å². The number of unbranched alkanes of at least 4 members (excludes halogenated alkanes) is 19. The van der Waals surface area contributed by atoms with Gasteiger partial charge in [0, 0.05) is 12.8 Å². The van der Waals surface area contributed by atoms with Gasteiger partial charge < -0.3 is 27.9 Å². The number of rotatable bonds is 35. The monoisotopic (exact) mass is 704 g/mol. The van der Waals surface area contributed by atoms with Gasteiger partial charge in [-0.3, -0.25) is 14.2 Å². The van der Waals surface area contributed by atoms with E-state index in [1.807, 2.05) is 21.1 Å². The van der Waals surface area contributed by atoms with Crippen LogP contribution in [0.25, 0.3) is 0 Å². The molecule has 0 aliphatic carbocycles. The van der Waals surface area contributed by atoms with E-state index in [4.69, 9.17) is 18.5 Å². The number of carbonyl (C=O) groups excluding carboxylic acids is 2. The molecule has 9 nitrogen and oxygen atoms in total. The van der Waals surface area contributed by atoms with Crippen LogP contribution in [-0.4, -0.2) is 70.0 Å². The van der Waals surface area contributed by atoms with E-state index in [0.717, 1.165) is 44.9 Å². The number of esters is 2. The molecule has 0 aliphatic heterocycles. The second-order valence-corrected chi connectivity index (χ2v) is 15.7. The molecule has 0 radical (unpaired) electrons. The minimum Gasteiger partial charge on any atom is -0.756 e. The molecule has 0 aliphatic rings. The summed E-state index contributed by atoms with van der Waals surface area (Å²) in [5, 5.41) is 0. The molecule has 0 spiro atoms. The first-order chi connectivity index (χ1) is 23.0. The van der Waals surface area contributed by atoms with Gasteiger partial charge in [-0.05, 0) is 38.5 Å². The van der Waals surface area contributed by atoms with E-state index in [2.05, 4.69) is 26.0 Å². The summed E-state index contributed by atoms with van der Waals surface area (Å²) in [5.41, 5.74) is 0. The van der Waals surface area contributed by atoms with E-state index in [0.29, 0.717) is 17.4 Å². The van der Waals surface area contributed by atoms with Gasteiger partial charge in [-0.25, -0.2) is 0 Å². The predicted molar refractivity (Wildman–Crippen MR) is 195 cm³/mol. The van der Waals surface area contributed by atoms with Crippen LogP contribution in [0, 0.1) is 0 Å². The average molecular weight is 704 g/mol. The molecule has 0 bridgehead atoms. The Hall–Kier alpha value is -1.25. The molecule has 10 heteroatoms. The largest absolute Gasteiger partial charge is 0.756 e. The van der Waals surface area contributed by atoms with Crippen molar-refractivity contribution in [2.75, 3.05) is 47.5 Å². The number of nitrogens with zero attached hydrogens (tertiary/aromatic N) is 1. The molecule has 0 heterocycles. The van der Waals surface area contributed by atoms with Crippen LogP contribution in [0.4, 0.5) is 0 Å². The third-order valence-corrected chi connectivity index (χ3v) is 9.25. The summed E-state index contributed by atoms with van der Waals surface area (Å²) >= 11 is 0. The van der Waals surface area contributed by atoms with E-state index in [-0.39, 0.29) is 26.1 Å². The minimum absolute atomic E-state index is 0.0292. The molecular weight excluding hydrogens is 629 g/mol. The Morgan fingerprint density at radius 2 is 1.06 bits per heavy atom. The van der Waals surface area contributed by atoms with Crippen LogP contribution in [0.1, 0.15) is 168 Å². The minimum atomic E-state index is -4.61. The van der Waals surface area contributed by atoms with Gasteiger partial charge in [0.25, 0.3) is 7.82 Å². The number of likely N-dealkylation sites (N-methyl/N-ethyl adjacent to an activating group) is 1. The Bertz CT molecular complexity index is 845. The molecule has 0 aromatic heterocycles. The summed E-state index contributed by atoms with van der Waals surface area (Å²) in [7, 11) is 1.17. The van der Waals surface area contributed by atoms with E-state index in [9.17, 15) is 19.0 Å². The fourth-order valence-electron chi connectivity index (χ4n) is 5.18. The Balaban J connectivity index is 4.33. The average Bonchev–Trinajstić information content (AvgIpc) is 3.02. The Kier molecular flexibility index (Phi) is 30.9. The van der Waals surface area contributed by atoms with Crippen molar-refractivity contribution >= 4 is 19.8 Å². The number of phosphoric ester groups is 1. The fraction of sp³-hybridized carbons (Fsp3) is 0.895. The number of quaternary nitrogens is 1. The van der Waals surface area contributed by atoms with E-state index < -0.39 is 32.5 Å². The number of hydrogen-bond donors (Lipinski definition) is 0. The standard InChI is InChI=1S/C38H74NO8P/c1-6-8-10-12-14-15-16-17-18-19-20-21-22-23-25-27-29-31-38(41)47-36(35-46-48(42,43)45-33-32-39(3,4)5)34-44-37(40)30-28-26-24-13-11-9-7-2/h17-18,36H,6-16,19-35H2,1-5H3/b18-17+/t36-/m1/s1. The maximum Gasteiger partial charge on any atom is 0.306 e. The lowest BCUT2D eigenvalue weighted by Gasteiger charge is -2.28. The summed E-state index contributed by atoms with van der Waals surface area (Å²) < 4.78 is 33.6. The Labute approximate surface area is 295 Å². The highest BCUT2D eigenvalue weighted by molar-refractivity contribution is 7.45. The van der Waals surface area contributed by atoms with Crippen LogP contribution in [0.5, 0.6) is 0 Å². The van der Waals surface area contributed by atoms with Crippen LogP contribution in [0.3, 0.4) is 0 Å². The van der Waals surface area contributed by atoms with Crippen LogP contribution < -0.4 is 4.89 Å². The third kappa shape index (κ3) is 34.6. The van der Waals surface area contributed by atoms with Crippen molar-refractivity contribution in [2.45, 2.75) is 174 Å². The van der Waals surface area contributed by atoms with Gasteiger partial charge in [-0.1, -0.05) is 129 Å². The predicted octanol–water partition coefficient (Wildman–Crippen LogP) is 9.61. The molecule has 284 valence electrons. The molecule has 0 aromatic carbocycles. The second kappa shape index (κ2) is 31.7. The van der Waals surface area contributed by atoms with Crippen molar-refractivity contribution in [3.8, 4) is 0 Å². The van der Waals surface area contributed by atoms with E-state index >= 15 is 0 Å². The lowest BCUT2D eigenvalue weighted by molar-refractivity contribution is -0.870. The van der Waals surface area contributed by atoms with Gasteiger partial charge in [0.2, 0.25) is 0 Å². The van der Waals surface area contributed by atoms with Crippen LogP contribution in [0.15, 0.2) is 12.2 Å². The fourth-order valence-corrected chi connectivity index (χ4v) is 5.91. The van der Waals surface area contributed by atoms with Crippen LogP contribution >= 0.6 is 7.82 Å². The molecule has 0 fully saturated rings. The van der Waals surface area contributed by atoms with E-state index in [1.54, 1.807) is 0 Å². The zero-order valence-corrected chi connectivity index (χ0v) is 32.6. The molecule has 2 atom stereocenters. The van der Waals surface area contributed by atoms with Crippen molar-refractivity contribution < 1.29 is 42.1 Å². The van der Waals surface area contributed by atoms with Crippen molar-refractivity contribution in [1.29, 1.82) is 0 Å². The SMILES string of the molecule is CCCCCCCC/C=C/CCCCCCCCCC(=O)O[C@H](COC(=O)CCCCCCCCC)COP(=O)([O-])OCC[N+](C)(C)C. The molecule has 0 N–H and O–H groups in total. The normalized spacial score (nSPS) is 13.9. The van der Waals surface area contributed by atoms with Gasteiger partial charge in [0.15, 0.2) is 6.10 Å². The second-order valence-electron chi connectivity index (χ2n) is 14.3. The number of allylic oxidation sites excluding steroid dienone is 2. The van der Waals surface area contributed by atoms with Gasteiger partial charge in [0.05, 0.1) is 27.7 Å².